The average Bonchev–Trinajstić information content (AvgIpc) is 2.60. The van der Waals surface area contributed by atoms with Gasteiger partial charge in [-0.15, -0.1) is 0 Å². The Bertz CT molecular complexity index is 620. The Hall–Kier alpha value is -1.21. The van der Waals surface area contributed by atoms with Crippen molar-refractivity contribution >= 4 is 47.1 Å². The molecule has 1 aromatic carbocycles. The van der Waals surface area contributed by atoms with Gasteiger partial charge in [0.25, 0.3) is 5.91 Å². The Balaban J connectivity index is 0.00000127. The van der Waals surface area contributed by atoms with Crippen molar-refractivity contribution in [1.82, 2.24) is 0 Å². The van der Waals surface area contributed by atoms with Crippen molar-refractivity contribution in [1.29, 1.82) is 0 Å². The predicted molar refractivity (Wildman–Crippen MR) is 109 cm³/mol. The van der Waals surface area contributed by atoms with E-state index in [-0.39, 0.29) is 5.91 Å². The van der Waals surface area contributed by atoms with E-state index in [0.29, 0.717) is 17.9 Å². The summed E-state index contributed by atoms with van der Waals surface area (Å²) >= 11 is 6.07. The average molecular weight is 443 g/mol. The van der Waals surface area contributed by atoms with Gasteiger partial charge in [-0.25, -0.2) is 0 Å². The number of amides is 1. The van der Waals surface area contributed by atoms with Crippen LogP contribution < -0.4 is 4.90 Å². The molecule has 0 aromatic heterocycles. The molecule has 0 spiro atoms. The van der Waals surface area contributed by atoms with E-state index in [0.717, 1.165) is 21.3 Å². The zero-order valence-electron chi connectivity index (χ0n) is 13.7. The fraction of sp³-hybridized carbons (Fsp3) is 0.278. The first-order chi connectivity index (χ1) is 11.1. The van der Waals surface area contributed by atoms with Crippen LogP contribution in [0.25, 0.3) is 0 Å². The number of rotatable bonds is 3. The Labute approximate surface area is 157 Å². The van der Waals surface area contributed by atoms with Crippen molar-refractivity contribution in [3.05, 3.63) is 63.5 Å². The smallest absolute Gasteiger partial charge is 0.262 e. The first kappa shape index (κ1) is 19.8. The van der Waals surface area contributed by atoms with Gasteiger partial charge in [0.05, 0.1) is 5.57 Å². The monoisotopic (exact) mass is 443 g/mol. The standard InChI is InChI=1S/C16H16INO2S.C2H6/c1-3-11-9-10-18(13-7-5-12(17)6-8-13)16(19)15(11)14(4-2)20-21;1-2/h3-8,21H,2,9-10H2,1H3;1-2H3/b11-3-,15-14-;. The lowest BCUT2D eigenvalue weighted by atomic mass is 9.95. The molecule has 1 aliphatic rings. The lowest BCUT2D eigenvalue weighted by Gasteiger charge is -2.30. The van der Waals surface area contributed by atoms with Gasteiger partial charge < -0.3 is 9.08 Å². The summed E-state index contributed by atoms with van der Waals surface area (Å²) in [7, 11) is 0. The second-order valence-electron chi connectivity index (χ2n) is 4.53. The minimum Gasteiger partial charge on any atom is -0.428 e. The summed E-state index contributed by atoms with van der Waals surface area (Å²) in [6.07, 6.45) is 4.23. The molecule has 1 heterocycles. The molecule has 0 radical (unpaired) electrons. The van der Waals surface area contributed by atoms with Crippen molar-refractivity contribution in [2.75, 3.05) is 11.4 Å². The maximum absolute atomic E-state index is 12.8. The van der Waals surface area contributed by atoms with Gasteiger partial charge in [-0.1, -0.05) is 26.5 Å². The Morgan fingerprint density at radius 2 is 1.96 bits per heavy atom. The SMILES string of the molecule is C=C/C(OS)=C1/C(=O)N(c2ccc(I)cc2)CC/C1=C/C.CC. The minimum absolute atomic E-state index is 0.0838. The van der Waals surface area contributed by atoms with Gasteiger partial charge in [-0.3, -0.25) is 4.79 Å². The van der Waals surface area contributed by atoms with E-state index in [2.05, 4.69) is 42.1 Å². The van der Waals surface area contributed by atoms with E-state index in [1.165, 1.54) is 6.08 Å². The summed E-state index contributed by atoms with van der Waals surface area (Å²) in [4.78, 5) is 14.6. The first-order valence-corrected chi connectivity index (χ1v) is 8.98. The van der Waals surface area contributed by atoms with Crippen molar-refractivity contribution in [3.8, 4) is 0 Å². The van der Waals surface area contributed by atoms with E-state index in [1.807, 2.05) is 51.1 Å². The van der Waals surface area contributed by atoms with Crippen molar-refractivity contribution in [3.63, 3.8) is 0 Å². The minimum atomic E-state index is -0.0838. The molecule has 0 atom stereocenters. The summed E-state index contributed by atoms with van der Waals surface area (Å²) in [5.74, 6) is 0.311. The molecule has 0 aliphatic carbocycles. The number of thiol groups is 1. The number of nitrogens with zero attached hydrogens (tertiary/aromatic N) is 1. The third-order valence-electron chi connectivity index (χ3n) is 3.40. The van der Waals surface area contributed by atoms with Crippen LogP contribution in [0.1, 0.15) is 27.2 Å². The van der Waals surface area contributed by atoms with Crippen molar-refractivity contribution in [2.45, 2.75) is 27.2 Å². The maximum atomic E-state index is 12.8. The highest BCUT2D eigenvalue weighted by Gasteiger charge is 2.30. The van der Waals surface area contributed by atoms with Crippen LogP contribution >= 0.6 is 35.5 Å². The molecule has 0 saturated carbocycles. The quantitative estimate of drug-likeness (QED) is 0.226. The van der Waals surface area contributed by atoms with E-state index in [1.54, 1.807) is 4.90 Å². The molecule has 3 nitrogen and oxygen atoms in total. The largest absolute Gasteiger partial charge is 0.428 e. The molecule has 1 fully saturated rings. The molecule has 2 rings (SSSR count). The van der Waals surface area contributed by atoms with Crippen LogP contribution in [0, 0.1) is 3.57 Å². The van der Waals surface area contributed by atoms with E-state index in [4.69, 9.17) is 4.18 Å². The maximum Gasteiger partial charge on any atom is 0.262 e. The van der Waals surface area contributed by atoms with Crippen LogP contribution in [-0.2, 0) is 8.98 Å². The molecule has 1 aromatic rings. The summed E-state index contributed by atoms with van der Waals surface area (Å²) in [5.41, 5.74) is 2.38. The summed E-state index contributed by atoms with van der Waals surface area (Å²) < 4.78 is 6.15. The Kier molecular flexibility index (Phi) is 8.47. The molecule has 0 unspecified atom stereocenters. The molecule has 1 amide bonds. The number of carbonyl (C=O) groups excluding carboxylic acids is 1. The summed E-state index contributed by atoms with van der Waals surface area (Å²) in [6, 6.07) is 7.88. The van der Waals surface area contributed by atoms with Gasteiger partial charge in [0.15, 0.2) is 0 Å². The van der Waals surface area contributed by atoms with Crippen LogP contribution in [0.2, 0.25) is 0 Å². The normalized spacial score (nSPS) is 18.2. The van der Waals surface area contributed by atoms with Gasteiger partial charge in [-0.2, -0.15) is 0 Å². The molecular weight excluding hydrogens is 421 g/mol. The van der Waals surface area contributed by atoms with Crippen LogP contribution in [0.15, 0.2) is 59.9 Å². The fourth-order valence-electron chi connectivity index (χ4n) is 2.34. The van der Waals surface area contributed by atoms with Gasteiger partial charge in [0.2, 0.25) is 0 Å². The van der Waals surface area contributed by atoms with Crippen LogP contribution in [-0.4, -0.2) is 12.5 Å². The number of allylic oxidation sites excluding steroid dienone is 2. The Morgan fingerprint density at radius 1 is 1.35 bits per heavy atom. The molecule has 1 aliphatic heterocycles. The number of hydrogen-bond acceptors (Lipinski definition) is 3. The van der Waals surface area contributed by atoms with Gasteiger partial charge in [0, 0.05) is 28.7 Å². The molecule has 0 N–H and O–H groups in total. The molecule has 23 heavy (non-hydrogen) atoms. The summed E-state index contributed by atoms with van der Waals surface area (Å²) in [5, 5.41) is 0. The summed E-state index contributed by atoms with van der Waals surface area (Å²) in [6.45, 7) is 10.3. The van der Waals surface area contributed by atoms with Crippen LogP contribution in [0.3, 0.4) is 0 Å². The van der Waals surface area contributed by atoms with Crippen molar-refractivity contribution < 1.29 is 8.98 Å². The highest BCUT2D eigenvalue weighted by Crippen LogP contribution is 2.31. The predicted octanol–water partition coefficient (Wildman–Crippen LogP) is 5.30. The number of halogens is 1. The molecule has 1 saturated heterocycles. The first-order valence-electron chi connectivity index (χ1n) is 7.53. The zero-order chi connectivity index (χ0) is 17.4. The zero-order valence-corrected chi connectivity index (χ0v) is 16.7. The lowest BCUT2D eigenvalue weighted by molar-refractivity contribution is -0.115. The number of hydrogen-bond donors (Lipinski definition) is 1. The van der Waals surface area contributed by atoms with Gasteiger partial charge in [-0.05, 0) is 71.9 Å². The second-order valence-corrected chi connectivity index (χ2v) is 5.96. The van der Waals surface area contributed by atoms with Gasteiger partial charge in [0.1, 0.15) is 5.76 Å². The number of anilines is 1. The molecular formula is C18H22INO2S. The van der Waals surface area contributed by atoms with Crippen LogP contribution in [0.4, 0.5) is 5.69 Å². The van der Waals surface area contributed by atoms with Crippen molar-refractivity contribution in [2.24, 2.45) is 0 Å². The second kappa shape index (κ2) is 9.82. The van der Waals surface area contributed by atoms with E-state index < -0.39 is 0 Å². The molecule has 0 bridgehead atoms. The molecule has 124 valence electrons. The van der Waals surface area contributed by atoms with Gasteiger partial charge >= 0.3 is 0 Å². The lowest BCUT2D eigenvalue weighted by Crippen LogP contribution is -2.38. The van der Waals surface area contributed by atoms with Crippen LogP contribution in [0.5, 0.6) is 0 Å². The fourth-order valence-corrected chi connectivity index (χ4v) is 2.86. The number of benzene rings is 1. The van der Waals surface area contributed by atoms with E-state index in [9.17, 15) is 4.79 Å². The topological polar surface area (TPSA) is 29.5 Å². The van der Waals surface area contributed by atoms with E-state index >= 15 is 0 Å². The third kappa shape index (κ3) is 4.64. The number of carbonyl (C=O) groups is 1. The highest BCUT2D eigenvalue weighted by atomic mass is 127. The number of piperidine rings is 1. The Morgan fingerprint density at radius 3 is 2.43 bits per heavy atom. The highest BCUT2D eigenvalue weighted by molar-refractivity contribution is 14.1. The third-order valence-corrected chi connectivity index (χ3v) is 4.32. The molecule has 5 heteroatoms.